The summed E-state index contributed by atoms with van der Waals surface area (Å²) in [5, 5.41) is 53.3. The van der Waals surface area contributed by atoms with E-state index in [1.54, 1.807) is 90.6 Å². The van der Waals surface area contributed by atoms with Crippen molar-refractivity contribution in [1.82, 2.24) is 129 Å². The van der Waals surface area contributed by atoms with Crippen LogP contribution in [0.15, 0.2) is 106 Å². The first-order valence-corrected chi connectivity index (χ1v) is 46.6. The number of nitrogen functional groups attached to an aromatic ring is 5. The number of imidazole rings is 2. The quantitative estimate of drug-likeness (QED) is 0.0134. The van der Waals surface area contributed by atoms with E-state index < -0.39 is 88.5 Å². The molecule has 0 saturated heterocycles. The van der Waals surface area contributed by atoms with Crippen LogP contribution in [-0.2, 0) is 94.4 Å². The number of nitriles is 1. The van der Waals surface area contributed by atoms with Gasteiger partial charge in [0.05, 0.1) is 51.8 Å². The largest absolute Gasteiger partial charge is 0.480 e. The van der Waals surface area contributed by atoms with E-state index in [9.17, 15) is 38.4 Å². The molecule has 0 spiro atoms. The Bertz CT molecular complexity index is 6530. The smallest absolute Gasteiger partial charge is 0.328 e. The van der Waals surface area contributed by atoms with Gasteiger partial charge in [0.15, 0.2) is 45.6 Å². The number of halogens is 2. The number of amidine groups is 2. The SMILES string of the molecule is C.CC(=O)OI1(C)(OC(C)=O)OC(=O)c2ccccc21.CC(C)(C)OC(=O)Cn1nc(-c2ncc[nH]2)c2c(N)ncnc21.CC(C)(C)OC(=O)Cn1nc(C#N)c2c(N)ncnc21.CC(C)(C)OC(=O)Cn1nc(C2=NCCN2)c2c(N)ncnc21.CC(C)(C)OC(=O)Cn1nc(C2=NCCN2)c2c(N)ncnc21.N=NN=NCl.NCCN.Nc1ncnc2c1c(-c1ncc[nH]1)nn2CC(=O)O. The Balaban J connectivity index is 0.000000198. The second-order valence-corrected chi connectivity index (χ2v) is 41.0. The molecule has 3 aliphatic heterocycles. The van der Waals surface area contributed by atoms with Gasteiger partial charge in [-0.15, -0.1) is 0 Å². The predicted octanol–water partition coefficient (Wildman–Crippen LogP) is 5.03. The molecule has 16 rings (SSSR count). The molecule has 13 aromatic rings. The molecule has 0 amide bonds. The van der Waals surface area contributed by atoms with Crippen LogP contribution in [0.2, 0.25) is 0 Å². The number of aliphatic imine (C=N–C) groups is 2. The van der Waals surface area contributed by atoms with Crippen molar-refractivity contribution in [2.24, 2.45) is 36.5 Å². The number of aromatic amines is 2. The molecule has 0 aliphatic carbocycles. The second-order valence-electron chi connectivity index (χ2n) is 32.3. The van der Waals surface area contributed by atoms with Crippen LogP contribution < -0.4 is 50.8 Å². The molecule has 3 aliphatic rings. The van der Waals surface area contributed by atoms with Crippen LogP contribution in [0.3, 0.4) is 0 Å². The summed E-state index contributed by atoms with van der Waals surface area (Å²) in [4.78, 5) is 158. The summed E-state index contributed by atoms with van der Waals surface area (Å²) in [5.74, 6) is -1.12. The Labute approximate surface area is 786 Å². The molecule has 15 heterocycles. The third-order valence-electron chi connectivity index (χ3n) is 16.8. The summed E-state index contributed by atoms with van der Waals surface area (Å²) in [6.45, 7) is 27.3. The molecule has 0 bridgehead atoms. The number of nitrogens with zero attached hydrogens (tertiary/aromatic N) is 28. The topological polar surface area (TPSA) is 812 Å². The first kappa shape index (κ1) is 106. The average molecular weight is 2030 g/mol. The fraction of sp³-hybridized carbons (Fsp3) is 0.392. The maximum Gasteiger partial charge on any atom is 0.328 e. The summed E-state index contributed by atoms with van der Waals surface area (Å²) >= 11 is -0.459. The maximum absolute atomic E-state index is 12.1. The standard InChI is InChI=1S/2C14H19N7O2.C14H17N7O2.C12H13IO6.C12H14N6O2.C10H9N7O2.C2H8N2.CH4.ClHN4/c3*1-14(2,3)23-8(22)6-21-13-9(11(15)18-7-19-13)10(20-21)12-16-4-5-17-12;1-8(14)17-13(3,18-9(2)15)11-7-5-4-6-10(11)12(16)19-13;1-12(2,3)20-8(19)5-18-11-9(7(4-13)17-18)10(14)15-6-16-11;11-8-6-7(9-12-1-2-13-9)16-17(3-5(18)19)10(6)15-4-14-8;3-1-2-4;;1-3-5-4-2/h2*7H,4-6H2,1-3H3,(H,16,17)(H2,15,18,19);4-5,7H,6H2,1-3H3,(H,16,17)(H2,15,18,19);4-7H,1-3H3;6H,5H2,1-3H3,(H2,14,15,16);1-2,4H,3H2,(H,12,13)(H,18,19)(H2,11,14,15);1-4H2;1H4;2H. The van der Waals surface area contributed by atoms with Gasteiger partial charge in [-0.05, 0) is 93.5 Å². The molecule has 0 fully saturated rings. The van der Waals surface area contributed by atoms with Gasteiger partial charge in [-0.2, -0.15) is 36.3 Å². The van der Waals surface area contributed by atoms with Crippen LogP contribution in [0.4, 0.5) is 29.1 Å². The van der Waals surface area contributed by atoms with E-state index in [2.05, 4.69) is 143 Å². The molecular weight excluding hydrogens is 1930 g/mol. The van der Waals surface area contributed by atoms with Crippen molar-refractivity contribution in [3.05, 3.63) is 107 Å². The molecule has 12 aromatic heterocycles. The van der Waals surface area contributed by atoms with Crippen molar-refractivity contribution in [2.75, 3.05) is 72.9 Å². The molecule has 0 atom stereocenters. The first-order chi connectivity index (χ1) is 64.1. The number of hydrogen-bond donors (Lipinski definition) is 13. The number of alkyl halides is 1. The van der Waals surface area contributed by atoms with Crippen LogP contribution in [0, 0.1) is 20.4 Å². The number of ether oxygens (including phenoxy) is 4. The monoisotopic (exact) mass is 2030 g/mol. The number of fused-ring (bicyclic) bond motifs is 6. The fourth-order valence-corrected chi connectivity index (χ4v) is 20.1. The number of carboxylic acids is 1. The van der Waals surface area contributed by atoms with Gasteiger partial charge in [0.1, 0.15) is 156 Å². The van der Waals surface area contributed by atoms with E-state index in [-0.39, 0.29) is 68.9 Å². The number of aliphatic carboxylic acids is 1. The fourth-order valence-electron chi connectivity index (χ4n) is 12.3. The number of H-pyrrole nitrogens is 2. The number of aromatic nitrogens is 24. The minimum Gasteiger partial charge on any atom is -0.480 e. The molecule has 137 heavy (non-hydrogen) atoms. The van der Waals surface area contributed by atoms with E-state index in [4.69, 9.17) is 84.2 Å². The zero-order valence-corrected chi connectivity index (χ0v) is 79.1. The Morgan fingerprint density at radius 3 is 1.12 bits per heavy atom. The normalized spacial score (nSPS) is 13.4. The number of carbonyl (C=O) groups is 8. The third kappa shape index (κ3) is 27.9. The molecule has 0 saturated carbocycles. The van der Waals surface area contributed by atoms with Gasteiger partial charge in [-0.1, -0.05) is 12.1 Å². The Morgan fingerprint density at radius 1 is 0.511 bits per heavy atom. The molecule has 730 valence electrons. The Morgan fingerprint density at radius 2 is 0.832 bits per heavy atom. The van der Waals surface area contributed by atoms with Crippen LogP contribution in [-0.4, -0.2) is 250 Å². The number of esters is 4. The molecule has 1 aromatic carbocycles. The van der Waals surface area contributed by atoms with Gasteiger partial charge in [0.2, 0.25) is 0 Å². The summed E-state index contributed by atoms with van der Waals surface area (Å²) in [7, 11) is 0. The first-order valence-electron chi connectivity index (χ1n) is 40.4. The van der Waals surface area contributed by atoms with Crippen LogP contribution in [0.1, 0.15) is 132 Å². The van der Waals surface area contributed by atoms with Gasteiger partial charge in [0, 0.05) is 51.0 Å². The van der Waals surface area contributed by atoms with Crippen LogP contribution in [0.5, 0.6) is 0 Å². The van der Waals surface area contributed by atoms with E-state index in [1.165, 1.54) is 73.8 Å². The molecular formula is C79H104ClIN40O16. The molecule has 58 heteroatoms. The van der Waals surface area contributed by atoms with Crippen molar-refractivity contribution in [3.8, 4) is 29.1 Å². The minimum atomic E-state index is -5.01. The van der Waals surface area contributed by atoms with Gasteiger partial charge in [0.25, 0.3) is 0 Å². The van der Waals surface area contributed by atoms with Crippen molar-refractivity contribution in [1.29, 1.82) is 10.8 Å². The van der Waals surface area contributed by atoms with Crippen LogP contribution >= 0.6 is 30.1 Å². The number of carboxylic acid groups (broad SMARTS) is 1. The van der Waals surface area contributed by atoms with Crippen molar-refractivity contribution >= 4 is 174 Å². The van der Waals surface area contributed by atoms with Crippen LogP contribution in [0.25, 0.3) is 78.2 Å². The van der Waals surface area contributed by atoms with E-state index >= 15 is 0 Å². The summed E-state index contributed by atoms with van der Waals surface area (Å²) < 4.78 is 46.9. The molecule has 56 nitrogen and oxygen atoms in total. The number of hydrogen-bond acceptors (Lipinski definition) is 46. The number of anilines is 5. The third-order valence-corrected chi connectivity index (χ3v) is 25.1. The van der Waals surface area contributed by atoms with Crippen molar-refractivity contribution < 1.29 is 71.6 Å². The summed E-state index contributed by atoms with van der Waals surface area (Å²) in [5.41, 5.74) is 47.3. The van der Waals surface area contributed by atoms with Gasteiger partial charge >= 0.3 is 142 Å². The van der Waals surface area contributed by atoms with Crippen molar-refractivity contribution in [2.45, 2.75) is 159 Å². The molecule has 0 radical (unpaired) electrons. The Hall–Kier alpha value is -16.3. The number of rotatable bonds is 18. The van der Waals surface area contributed by atoms with Gasteiger partial charge in [-0.3, -0.25) is 34.0 Å². The number of benzene rings is 1. The predicted molar refractivity (Wildman–Crippen MR) is 503 cm³/mol. The van der Waals surface area contributed by atoms with Gasteiger partial charge in [-0.25, -0.2) is 83.2 Å². The molecule has 20 N–H and O–H groups in total. The van der Waals surface area contributed by atoms with E-state index in [0.29, 0.717) is 143 Å². The van der Waals surface area contributed by atoms with Crippen molar-refractivity contribution in [3.63, 3.8) is 0 Å². The zero-order chi connectivity index (χ0) is 100.0. The average Bonchev–Trinajstić information content (AvgIpc) is 1.55. The molecule has 0 unspecified atom stereocenters. The maximum atomic E-state index is 12.1. The van der Waals surface area contributed by atoms with Gasteiger partial charge < -0.3 is 84.8 Å². The van der Waals surface area contributed by atoms with E-state index in [1.807, 2.05) is 47.6 Å². The number of nitrogens with one attached hydrogen (secondary N) is 5. The zero-order valence-electron chi connectivity index (χ0n) is 76.2. The summed E-state index contributed by atoms with van der Waals surface area (Å²) in [6.07, 6.45) is 13.0. The number of carbonyl (C=O) groups excluding carboxylic acids is 7. The number of nitrogens with two attached hydrogens (primary N) is 7. The minimum absolute atomic E-state index is 0. The summed E-state index contributed by atoms with van der Waals surface area (Å²) in [6, 6.07) is 8.36. The Kier molecular flexibility index (Phi) is 35.2. The van der Waals surface area contributed by atoms with E-state index in [0.717, 1.165) is 13.1 Å². The second kappa shape index (κ2) is 45.4.